The van der Waals surface area contributed by atoms with E-state index in [-0.39, 0.29) is 12.3 Å². The maximum Gasteiger partial charge on any atom is 0.360 e. The lowest BCUT2D eigenvalue weighted by Gasteiger charge is -2.10. The van der Waals surface area contributed by atoms with E-state index in [4.69, 9.17) is 9.47 Å². The lowest BCUT2D eigenvalue weighted by atomic mass is 10.3. The maximum atomic E-state index is 13.1. The summed E-state index contributed by atoms with van der Waals surface area (Å²) in [5.41, 5.74) is 2.27. The lowest BCUT2D eigenvalue weighted by molar-refractivity contribution is 0.0521. The molecule has 1 N–H and O–H groups in total. The van der Waals surface area contributed by atoms with Crippen molar-refractivity contribution in [2.24, 2.45) is 0 Å². The van der Waals surface area contributed by atoms with E-state index in [1.54, 1.807) is 6.92 Å². The van der Waals surface area contributed by atoms with Gasteiger partial charge in [0.25, 0.3) is 0 Å². The van der Waals surface area contributed by atoms with Gasteiger partial charge >= 0.3 is 5.97 Å². The number of halogens is 1. The van der Waals surface area contributed by atoms with Crippen LogP contribution in [0.4, 0.5) is 15.1 Å². The van der Waals surface area contributed by atoms with Crippen LogP contribution in [0, 0.1) is 5.82 Å². The van der Waals surface area contributed by atoms with Crippen molar-refractivity contribution in [2.45, 2.75) is 6.92 Å². The van der Waals surface area contributed by atoms with Gasteiger partial charge in [-0.1, -0.05) is 0 Å². The summed E-state index contributed by atoms with van der Waals surface area (Å²) in [5.74, 6) is -0.562. The van der Waals surface area contributed by atoms with E-state index in [9.17, 15) is 9.18 Å². The Labute approximate surface area is 119 Å². The third-order valence-corrected chi connectivity index (χ3v) is 3.19. The molecule has 106 valence electrons. The highest BCUT2D eigenvalue weighted by atomic mass is 32.1. The molecule has 0 radical (unpaired) electrons. The summed E-state index contributed by atoms with van der Waals surface area (Å²) in [6.45, 7) is 2.00. The molecular weight excluding hydrogens is 283 g/mol. The minimum Gasteiger partial charge on any atom is -0.494 e. The van der Waals surface area contributed by atoms with E-state index < -0.39 is 11.8 Å². The van der Waals surface area contributed by atoms with Gasteiger partial charge in [0.05, 0.1) is 24.9 Å². The molecule has 0 aliphatic rings. The third-order valence-electron chi connectivity index (χ3n) is 2.45. The van der Waals surface area contributed by atoms with Crippen LogP contribution in [-0.4, -0.2) is 24.7 Å². The number of benzene rings is 1. The molecule has 20 heavy (non-hydrogen) atoms. The molecule has 2 aromatic rings. The monoisotopic (exact) mass is 296 g/mol. The van der Waals surface area contributed by atoms with Crippen LogP contribution in [0.3, 0.4) is 0 Å². The molecule has 5 nitrogen and oxygen atoms in total. The Morgan fingerprint density at radius 3 is 3.00 bits per heavy atom. The quantitative estimate of drug-likeness (QED) is 0.858. The van der Waals surface area contributed by atoms with Crippen molar-refractivity contribution >= 4 is 28.0 Å². The fourth-order valence-electron chi connectivity index (χ4n) is 1.57. The third kappa shape index (κ3) is 3.05. The molecule has 0 atom stereocenters. The van der Waals surface area contributed by atoms with Crippen LogP contribution < -0.4 is 10.1 Å². The molecule has 0 aliphatic heterocycles. The van der Waals surface area contributed by atoms with Crippen molar-refractivity contribution < 1.29 is 18.7 Å². The smallest absolute Gasteiger partial charge is 0.360 e. The number of esters is 1. The summed E-state index contributed by atoms with van der Waals surface area (Å²) in [5, 5.41) is 3.52. The number of nitrogens with zero attached hydrogens (tertiary/aromatic N) is 1. The molecule has 0 fully saturated rings. The number of rotatable bonds is 5. The summed E-state index contributed by atoms with van der Waals surface area (Å²) in [7, 11) is 1.44. The molecule has 0 amide bonds. The van der Waals surface area contributed by atoms with E-state index in [1.165, 1.54) is 42.2 Å². The average molecular weight is 296 g/mol. The zero-order chi connectivity index (χ0) is 14.5. The van der Waals surface area contributed by atoms with Crippen molar-refractivity contribution in [2.75, 3.05) is 19.0 Å². The highest BCUT2D eigenvalue weighted by molar-refractivity contribution is 7.14. The maximum absolute atomic E-state index is 13.1. The summed E-state index contributed by atoms with van der Waals surface area (Å²) in [6.07, 6.45) is 0. The zero-order valence-electron chi connectivity index (χ0n) is 11.0. The van der Waals surface area contributed by atoms with Crippen LogP contribution in [0.5, 0.6) is 5.75 Å². The van der Waals surface area contributed by atoms with Gasteiger partial charge in [-0.15, -0.1) is 11.3 Å². The number of carbonyl (C=O) groups is 1. The highest BCUT2D eigenvalue weighted by Gasteiger charge is 2.17. The molecular formula is C13H13FN2O3S. The Balaban J connectivity index is 2.27. The Morgan fingerprint density at radius 2 is 2.30 bits per heavy atom. The van der Waals surface area contributed by atoms with Gasteiger partial charge in [-0.25, -0.2) is 14.2 Å². The Hall–Kier alpha value is -2.15. The van der Waals surface area contributed by atoms with E-state index in [2.05, 4.69) is 10.3 Å². The molecule has 0 spiro atoms. The molecule has 0 bridgehead atoms. The van der Waals surface area contributed by atoms with Gasteiger partial charge in [0.1, 0.15) is 16.6 Å². The minimum atomic E-state index is -0.502. The van der Waals surface area contributed by atoms with Gasteiger partial charge in [0.15, 0.2) is 5.69 Å². The molecule has 1 aromatic carbocycles. The molecule has 1 aromatic heterocycles. The lowest BCUT2D eigenvalue weighted by Crippen LogP contribution is -2.07. The van der Waals surface area contributed by atoms with Crippen molar-refractivity contribution in [3.63, 3.8) is 0 Å². The number of carbonyl (C=O) groups excluding carboxylic acids is 1. The molecule has 7 heteroatoms. The largest absolute Gasteiger partial charge is 0.494 e. The van der Waals surface area contributed by atoms with Gasteiger partial charge in [-0.3, -0.25) is 0 Å². The standard InChI is InChI=1S/C13H13FN2O3S/c1-3-19-13(17)11-12(20-7-15-11)16-9-5-4-8(14)6-10(9)18-2/h4-7,16H,3H2,1-2H3. The Kier molecular flexibility index (Phi) is 4.52. The summed E-state index contributed by atoms with van der Waals surface area (Å²) in [6, 6.07) is 4.09. The predicted molar refractivity (Wildman–Crippen MR) is 74.3 cm³/mol. The number of ether oxygens (including phenoxy) is 2. The number of hydrogen-bond acceptors (Lipinski definition) is 6. The fourth-order valence-corrected chi connectivity index (χ4v) is 2.25. The van der Waals surface area contributed by atoms with Crippen molar-refractivity contribution in [3.05, 3.63) is 35.2 Å². The molecule has 1 heterocycles. The number of nitrogens with one attached hydrogen (secondary N) is 1. The predicted octanol–water partition coefficient (Wildman–Crippen LogP) is 3.21. The number of hydrogen-bond donors (Lipinski definition) is 1. The molecule has 0 saturated carbocycles. The van der Waals surface area contributed by atoms with Gasteiger partial charge < -0.3 is 14.8 Å². The number of anilines is 2. The van der Waals surface area contributed by atoms with Gasteiger partial charge in [0.2, 0.25) is 0 Å². The summed E-state index contributed by atoms with van der Waals surface area (Å²) >= 11 is 1.25. The van der Waals surface area contributed by atoms with Crippen LogP contribution in [0.25, 0.3) is 0 Å². The average Bonchev–Trinajstić information content (AvgIpc) is 2.89. The van der Waals surface area contributed by atoms with Crippen LogP contribution in [0.2, 0.25) is 0 Å². The van der Waals surface area contributed by atoms with E-state index in [1.807, 2.05) is 0 Å². The van der Waals surface area contributed by atoms with Crippen molar-refractivity contribution in [1.82, 2.24) is 4.98 Å². The second-order valence-corrected chi connectivity index (χ2v) is 4.57. The molecule has 2 rings (SSSR count). The van der Waals surface area contributed by atoms with E-state index in [0.29, 0.717) is 16.4 Å². The van der Waals surface area contributed by atoms with E-state index in [0.717, 1.165) is 0 Å². The summed E-state index contributed by atoms with van der Waals surface area (Å²) in [4.78, 5) is 15.7. The Bertz CT molecular complexity index is 615. The first kappa shape index (κ1) is 14.3. The minimum absolute atomic E-state index is 0.197. The molecule has 0 aliphatic carbocycles. The van der Waals surface area contributed by atoms with Crippen molar-refractivity contribution in [3.8, 4) is 5.75 Å². The number of thiazole rings is 1. The van der Waals surface area contributed by atoms with Crippen LogP contribution in [0.15, 0.2) is 23.7 Å². The van der Waals surface area contributed by atoms with Crippen LogP contribution >= 0.6 is 11.3 Å². The van der Waals surface area contributed by atoms with Gasteiger partial charge in [0, 0.05) is 6.07 Å². The van der Waals surface area contributed by atoms with E-state index >= 15 is 0 Å². The fraction of sp³-hybridized carbons (Fsp3) is 0.231. The topological polar surface area (TPSA) is 60.5 Å². The normalized spacial score (nSPS) is 10.2. The number of methoxy groups -OCH3 is 1. The first-order valence-electron chi connectivity index (χ1n) is 5.87. The second kappa shape index (κ2) is 6.33. The first-order chi connectivity index (χ1) is 9.65. The van der Waals surface area contributed by atoms with Gasteiger partial charge in [-0.05, 0) is 19.1 Å². The van der Waals surface area contributed by atoms with Crippen molar-refractivity contribution in [1.29, 1.82) is 0 Å². The van der Waals surface area contributed by atoms with Crippen LogP contribution in [-0.2, 0) is 4.74 Å². The Morgan fingerprint density at radius 1 is 1.50 bits per heavy atom. The number of aromatic nitrogens is 1. The highest BCUT2D eigenvalue weighted by Crippen LogP contribution is 2.31. The SMILES string of the molecule is CCOC(=O)c1ncsc1Nc1ccc(F)cc1OC. The summed E-state index contributed by atoms with van der Waals surface area (Å²) < 4.78 is 23.1. The second-order valence-electron chi connectivity index (χ2n) is 3.72. The molecule has 0 saturated heterocycles. The van der Waals surface area contributed by atoms with Gasteiger partial charge in [-0.2, -0.15) is 0 Å². The van der Waals surface area contributed by atoms with Crippen LogP contribution in [0.1, 0.15) is 17.4 Å². The molecule has 0 unspecified atom stereocenters. The zero-order valence-corrected chi connectivity index (χ0v) is 11.8. The first-order valence-corrected chi connectivity index (χ1v) is 6.74.